The molecule has 2 aliphatic heterocycles. The third kappa shape index (κ3) is 8.16. The number of nitrogens with zero attached hydrogens (tertiary/aromatic N) is 3. The number of amides is 4. The molecule has 2 saturated heterocycles. The molecule has 4 amide bonds. The molecule has 0 aromatic heterocycles. The van der Waals surface area contributed by atoms with Crippen molar-refractivity contribution in [1.29, 1.82) is 0 Å². The molecule has 4 aliphatic rings. The van der Waals surface area contributed by atoms with E-state index in [2.05, 4.69) is 24.5 Å². The highest BCUT2D eigenvalue weighted by molar-refractivity contribution is 7.87. The first-order chi connectivity index (χ1) is 22.4. The molecule has 2 heterocycles. The number of Topliss-reactive ketones (excluding diaryl/α,β-unsaturated/α-hetero) is 2. The minimum atomic E-state index is -3.68. The van der Waals surface area contributed by atoms with Crippen molar-refractivity contribution in [3.8, 4) is 0 Å². The number of piperidine rings is 1. The Bertz CT molecular complexity index is 1430. The quantitative estimate of drug-likeness (QED) is 0.246. The van der Waals surface area contributed by atoms with Gasteiger partial charge in [0.2, 0.25) is 11.7 Å². The number of primary amides is 1. The number of fused-ring (bicyclic) bond motifs is 1. The summed E-state index contributed by atoms with van der Waals surface area (Å²) >= 11 is 0. The fourth-order valence-electron chi connectivity index (χ4n) is 8.05. The molecular weight excluding hydrogens is 648 g/mol. The van der Waals surface area contributed by atoms with E-state index in [1.54, 1.807) is 4.90 Å². The predicted octanol–water partition coefficient (Wildman–Crippen LogP) is 2.69. The van der Waals surface area contributed by atoms with Gasteiger partial charge in [-0.3, -0.25) is 19.2 Å². The van der Waals surface area contributed by atoms with Gasteiger partial charge in [0.25, 0.3) is 16.1 Å². The Morgan fingerprint density at radius 2 is 1.55 bits per heavy atom. The van der Waals surface area contributed by atoms with E-state index >= 15 is 0 Å². The lowest BCUT2D eigenvalue weighted by Crippen LogP contribution is -2.61. The summed E-state index contributed by atoms with van der Waals surface area (Å²) in [4.78, 5) is 68.5. The molecule has 0 aromatic rings. The van der Waals surface area contributed by atoms with Crippen LogP contribution in [0.15, 0.2) is 0 Å². The van der Waals surface area contributed by atoms with Gasteiger partial charge in [-0.25, -0.2) is 4.79 Å². The van der Waals surface area contributed by atoms with Crippen LogP contribution in [0.5, 0.6) is 0 Å². The Labute approximate surface area is 293 Å². The Morgan fingerprint density at radius 3 is 2.02 bits per heavy atom. The molecule has 0 radical (unpaired) electrons. The van der Waals surface area contributed by atoms with Crippen LogP contribution in [-0.2, 0) is 29.4 Å². The van der Waals surface area contributed by atoms with Gasteiger partial charge >= 0.3 is 6.03 Å². The van der Waals surface area contributed by atoms with E-state index in [1.807, 2.05) is 55.4 Å². The monoisotopic (exact) mass is 708 g/mol. The van der Waals surface area contributed by atoms with Crippen molar-refractivity contribution in [1.82, 2.24) is 24.1 Å². The summed E-state index contributed by atoms with van der Waals surface area (Å²) in [6, 6.07) is -3.15. The highest BCUT2D eigenvalue weighted by Gasteiger charge is 2.69. The maximum atomic E-state index is 14.4. The molecule has 0 spiro atoms. The first-order valence-electron chi connectivity index (χ1n) is 17.9. The molecule has 6 atom stereocenters. The Hall–Kier alpha value is -2.58. The van der Waals surface area contributed by atoms with E-state index < -0.39 is 62.8 Å². The average Bonchev–Trinajstić information content (AvgIpc) is 3.23. The summed E-state index contributed by atoms with van der Waals surface area (Å²) in [6.07, 6.45) is 3.23. The molecule has 49 heavy (non-hydrogen) atoms. The summed E-state index contributed by atoms with van der Waals surface area (Å²) in [6.45, 7) is 20.2. The van der Waals surface area contributed by atoms with Crippen LogP contribution in [-0.4, -0.2) is 102 Å². The second kappa shape index (κ2) is 13.9. The summed E-state index contributed by atoms with van der Waals surface area (Å²) < 4.78 is 29.2. The van der Waals surface area contributed by atoms with Gasteiger partial charge in [0.1, 0.15) is 6.04 Å². The Kier molecular flexibility index (Phi) is 11.1. The van der Waals surface area contributed by atoms with Crippen molar-refractivity contribution in [2.24, 2.45) is 45.7 Å². The van der Waals surface area contributed by atoms with Crippen LogP contribution in [0.3, 0.4) is 0 Å². The molecule has 0 aromatic carbocycles. The van der Waals surface area contributed by atoms with Gasteiger partial charge in [0.15, 0.2) is 5.78 Å². The minimum absolute atomic E-state index is 0.0732. The van der Waals surface area contributed by atoms with E-state index in [0.717, 1.165) is 19.3 Å². The van der Waals surface area contributed by atoms with Gasteiger partial charge in [-0.05, 0) is 54.3 Å². The van der Waals surface area contributed by atoms with Gasteiger partial charge in [0, 0.05) is 50.6 Å². The zero-order chi connectivity index (χ0) is 37.0. The Morgan fingerprint density at radius 1 is 0.939 bits per heavy atom. The number of likely N-dealkylation sites (tertiary alicyclic amines) is 1. The van der Waals surface area contributed by atoms with Gasteiger partial charge in [0.05, 0.1) is 6.04 Å². The predicted molar refractivity (Wildman–Crippen MR) is 186 cm³/mol. The number of rotatable bonds is 13. The molecule has 0 bridgehead atoms. The standard InChI is InChI=1S/C35H60N6O7S/c1-20(2)41-15-14-39(49(41,47)48)19-25(33(3,4)5)37-32(46)38-29(34(6,7)8)31(45)40-18-23-26(35(23,9)10)27(40)24(42)17-22(28(43)30(36)44)16-21-12-11-13-21/h20-23,25-27,29H,11-19H2,1-10H3,(H2,36,44)(H2,37,38,46)/t22?,23-,25+,26-,27+,29+/m0/s1. The summed E-state index contributed by atoms with van der Waals surface area (Å²) in [5, 5.41) is 5.85. The highest BCUT2D eigenvalue weighted by Crippen LogP contribution is 2.65. The third-order valence-corrected chi connectivity index (χ3v) is 13.8. The first-order valence-corrected chi connectivity index (χ1v) is 19.3. The molecule has 13 nitrogen and oxygen atoms in total. The van der Waals surface area contributed by atoms with Crippen LogP contribution in [0.1, 0.15) is 101 Å². The van der Waals surface area contributed by atoms with Gasteiger partial charge in [-0.1, -0.05) is 74.7 Å². The van der Waals surface area contributed by atoms with Crippen LogP contribution >= 0.6 is 0 Å². The second-order valence-corrected chi connectivity index (χ2v) is 19.8. The van der Waals surface area contributed by atoms with Crippen LogP contribution < -0.4 is 16.4 Å². The number of hydrogen-bond acceptors (Lipinski definition) is 7. The van der Waals surface area contributed by atoms with Gasteiger partial charge < -0.3 is 21.3 Å². The molecule has 4 N–H and O–H groups in total. The van der Waals surface area contributed by atoms with Gasteiger partial charge in [-0.15, -0.1) is 0 Å². The Balaban J connectivity index is 1.52. The molecule has 1 unspecified atom stereocenters. The van der Waals surface area contributed by atoms with Crippen molar-refractivity contribution >= 4 is 39.6 Å². The van der Waals surface area contributed by atoms with Crippen LogP contribution in [0.4, 0.5) is 4.79 Å². The fourth-order valence-corrected chi connectivity index (χ4v) is 9.84. The molecule has 14 heteroatoms. The first kappa shape index (κ1) is 39.2. The lowest BCUT2D eigenvalue weighted by atomic mass is 9.76. The molecule has 2 saturated carbocycles. The number of nitrogens with one attached hydrogen (secondary N) is 2. The van der Waals surface area contributed by atoms with Crippen LogP contribution in [0.25, 0.3) is 0 Å². The van der Waals surface area contributed by atoms with Crippen molar-refractivity contribution in [3.63, 3.8) is 0 Å². The topological polar surface area (TPSA) is 179 Å². The van der Waals surface area contributed by atoms with E-state index in [9.17, 15) is 32.4 Å². The van der Waals surface area contributed by atoms with Gasteiger partial charge in [-0.2, -0.15) is 17.0 Å². The summed E-state index contributed by atoms with van der Waals surface area (Å²) in [7, 11) is -3.68. The number of hydrogen-bond donors (Lipinski definition) is 3. The number of ketones is 2. The normalized spacial score (nSPS) is 27.2. The van der Waals surface area contributed by atoms with Crippen molar-refractivity contribution < 1.29 is 32.4 Å². The maximum Gasteiger partial charge on any atom is 0.315 e. The molecule has 4 rings (SSSR count). The summed E-state index contributed by atoms with van der Waals surface area (Å²) in [5.74, 6) is -2.95. The fraction of sp³-hybridized carbons (Fsp3) is 0.857. The van der Waals surface area contributed by atoms with E-state index in [4.69, 9.17) is 5.73 Å². The molecule has 2 aliphatic carbocycles. The average molecular weight is 709 g/mol. The zero-order valence-electron chi connectivity index (χ0n) is 31.2. The van der Waals surface area contributed by atoms with Crippen LogP contribution in [0, 0.1) is 39.9 Å². The smallest absolute Gasteiger partial charge is 0.315 e. The number of urea groups is 1. The van der Waals surface area contributed by atoms with Crippen molar-refractivity contribution in [3.05, 3.63) is 0 Å². The van der Waals surface area contributed by atoms with E-state index in [1.165, 1.54) is 8.61 Å². The van der Waals surface area contributed by atoms with Crippen LogP contribution in [0.2, 0.25) is 0 Å². The lowest BCUT2D eigenvalue weighted by molar-refractivity contribution is -0.144. The SMILES string of the molecule is CC(C)N1CCN(C[C@@H](NC(=O)N[C@H](C(=O)N2C[C@H]3[C@@H]([C@H]2C(=O)CC(CC2CCC2)C(=O)C(N)=O)C3(C)C)C(C)(C)C)C(C)(C)C)S1(=O)=O. The largest absolute Gasteiger partial charge is 0.363 e. The second-order valence-electron chi connectivity index (χ2n) is 17.9. The molecule has 4 fully saturated rings. The van der Waals surface area contributed by atoms with E-state index in [0.29, 0.717) is 26.1 Å². The van der Waals surface area contributed by atoms with E-state index in [-0.39, 0.29) is 53.9 Å². The zero-order valence-corrected chi connectivity index (χ0v) is 32.0. The van der Waals surface area contributed by atoms with Crippen molar-refractivity contribution in [2.45, 2.75) is 126 Å². The number of carbonyl (C=O) groups is 5. The molecule has 278 valence electrons. The van der Waals surface area contributed by atoms with Crippen molar-refractivity contribution in [2.75, 3.05) is 26.2 Å². The third-order valence-electron chi connectivity index (χ3n) is 11.6. The number of nitrogens with two attached hydrogens (primary N) is 1. The highest BCUT2D eigenvalue weighted by atomic mass is 32.2. The number of carbonyl (C=O) groups excluding carboxylic acids is 5. The minimum Gasteiger partial charge on any atom is -0.363 e. The lowest BCUT2D eigenvalue weighted by Gasteiger charge is -2.39. The maximum absolute atomic E-state index is 14.4. The molecular formula is C35H60N6O7S. The summed E-state index contributed by atoms with van der Waals surface area (Å²) in [5.41, 5.74) is 3.95.